The third-order valence-corrected chi connectivity index (χ3v) is 2.28. The average Bonchev–Trinajstić information content (AvgIpc) is 2.38. The van der Waals surface area contributed by atoms with E-state index in [0.29, 0.717) is 13.2 Å². The van der Waals surface area contributed by atoms with Gasteiger partial charge in [0.15, 0.2) is 11.5 Å². The van der Waals surface area contributed by atoms with Crippen LogP contribution in [0.1, 0.15) is 12.5 Å². The van der Waals surface area contributed by atoms with Crippen molar-refractivity contribution in [2.24, 2.45) is 0 Å². The summed E-state index contributed by atoms with van der Waals surface area (Å²) in [5, 5.41) is 3.25. The van der Waals surface area contributed by atoms with E-state index in [1.54, 1.807) is 6.08 Å². The maximum atomic E-state index is 5.57. The highest BCUT2D eigenvalue weighted by molar-refractivity contribution is 5.85. The van der Waals surface area contributed by atoms with Crippen LogP contribution in [-0.2, 0) is 6.54 Å². The first-order valence-electron chi connectivity index (χ1n) is 6.12. The molecule has 0 radical (unpaired) electrons. The zero-order chi connectivity index (χ0) is 13.2. The number of nitrogens with one attached hydrogen (secondary N) is 1. The highest BCUT2D eigenvalue weighted by Crippen LogP contribution is 2.28. The molecule has 0 aromatic heterocycles. The topological polar surface area (TPSA) is 30.5 Å². The number of ether oxygens (including phenoxy) is 2. The van der Waals surface area contributed by atoms with Crippen LogP contribution in [-0.4, -0.2) is 19.8 Å². The fraction of sp³-hybridized carbons (Fsp3) is 0.333. The smallest absolute Gasteiger partial charge is 0.161 e. The van der Waals surface area contributed by atoms with Gasteiger partial charge in [0.1, 0.15) is 6.61 Å². The molecule has 0 unspecified atom stereocenters. The van der Waals surface area contributed by atoms with E-state index in [4.69, 9.17) is 9.47 Å². The van der Waals surface area contributed by atoms with Gasteiger partial charge in [-0.25, -0.2) is 0 Å². The molecule has 0 saturated carbocycles. The van der Waals surface area contributed by atoms with Crippen LogP contribution in [0.4, 0.5) is 0 Å². The van der Waals surface area contributed by atoms with Crippen molar-refractivity contribution in [3.63, 3.8) is 0 Å². The summed E-state index contributed by atoms with van der Waals surface area (Å²) in [6.07, 6.45) is 3.56. The molecule has 3 nitrogen and oxygen atoms in total. The van der Waals surface area contributed by atoms with E-state index in [1.165, 1.54) is 0 Å². The van der Waals surface area contributed by atoms with Crippen LogP contribution in [0.15, 0.2) is 43.5 Å². The Morgan fingerprint density at radius 3 is 2.58 bits per heavy atom. The summed E-state index contributed by atoms with van der Waals surface area (Å²) < 4.78 is 11.1. The minimum atomic E-state index is 0. The van der Waals surface area contributed by atoms with Crippen molar-refractivity contribution in [1.82, 2.24) is 5.32 Å². The summed E-state index contributed by atoms with van der Waals surface area (Å²) >= 11 is 0. The van der Waals surface area contributed by atoms with Crippen LogP contribution >= 0.6 is 12.4 Å². The summed E-state index contributed by atoms with van der Waals surface area (Å²) in [5.41, 5.74) is 1.16. The lowest BCUT2D eigenvalue weighted by molar-refractivity contribution is 0.296. The molecule has 1 N–H and O–H groups in total. The normalized spacial score (nSPS) is 9.32. The van der Waals surface area contributed by atoms with Crippen molar-refractivity contribution in [3.05, 3.63) is 49.1 Å². The maximum Gasteiger partial charge on any atom is 0.161 e. The molecule has 0 aliphatic heterocycles. The van der Waals surface area contributed by atoms with Crippen LogP contribution < -0.4 is 14.8 Å². The summed E-state index contributed by atoms with van der Waals surface area (Å²) in [7, 11) is 0. The molecule has 0 aliphatic carbocycles. The zero-order valence-electron chi connectivity index (χ0n) is 11.4. The van der Waals surface area contributed by atoms with Gasteiger partial charge in [-0.2, -0.15) is 0 Å². The molecule has 1 aromatic carbocycles. The summed E-state index contributed by atoms with van der Waals surface area (Å²) in [4.78, 5) is 0. The lowest BCUT2D eigenvalue weighted by atomic mass is 10.2. The van der Waals surface area contributed by atoms with Crippen LogP contribution in [0.2, 0.25) is 0 Å². The standard InChI is InChI=1S/C15H21NO2.ClH/c1-4-9-16-12-13-7-8-14(18-10-5-2)15(11-13)17-6-3;/h4-5,7-8,11,16H,1-2,6,9-10,12H2,3H3;1H. The van der Waals surface area contributed by atoms with Crippen LogP contribution in [0.25, 0.3) is 0 Å². The third kappa shape index (κ3) is 6.32. The lowest BCUT2D eigenvalue weighted by Gasteiger charge is -2.12. The van der Waals surface area contributed by atoms with Crippen molar-refractivity contribution in [2.75, 3.05) is 19.8 Å². The Labute approximate surface area is 121 Å². The highest BCUT2D eigenvalue weighted by atomic mass is 35.5. The molecule has 4 heteroatoms. The number of benzene rings is 1. The van der Waals surface area contributed by atoms with E-state index >= 15 is 0 Å². The van der Waals surface area contributed by atoms with Crippen LogP contribution in [0.3, 0.4) is 0 Å². The molecule has 19 heavy (non-hydrogen) atoms. The molecule has 0 amide bonds. The predicted molar refractivity (Wildman–Crippen MR) is 82.5 cm³/mol. The average molecular weight is 284 g/mol. The first kappa shape index (κ1) is 17.6. The summed E-state index contributed by atoms with van der Waals surface area (Å²) in [5.74, 6) is 1.53. The zero-order valence-corrected chi connectivity index (χ0v) is 12.2. The van der Waals surface area contributed by atoms with Gasteiger partial charge < -0.3 is 14.8 Å². The number of hydrogen-bond donors (Lipinski definition) is 1. The molecule has 0 heterocycles. The number of halogens is 1. The predicted octanol–water partition coefficient (Wildman–Crippen LogP) is 3.35. The van der Waals surface area contributed by atoms with Gasteiger partial charge >= 0.3 is 0 Å². The first-order valence-corrected chi connectivity index (χ1v) is 6.12. The molecular formula is C15H22ClNO2. The van der Waals surface area contributed by atoms with E-state index < -0.39 is 0 Å². The molecule has 0 atom stereocenters. The Hall–Kier alpha value is -1.45. The van der Waals surface area contributed by atoms with Crippen molar-refractivity contribution in [1.29, 1.82) is 0 Å². The highest BCUT2D eigenvalue weighted by Gasteiger charge is 2.05. The Bertz CT molecular complexity index is 394. The Kier molecular flexibility index (Phi) is 9.67. The molecule has 0 saturated heterocycles. The van der Waals surface area contributed by atoms with Gasteiger partial charge in [-0.15, -0.1) is 19.0 Å². The SMILES string of the molecule is C=CCNCc1ccc(OCC=C)c(OCC)c1.Cl. The minimum Gasteiger partial charge on any atom is -0.490 e. The Morgan fingerprint density at radius 2 is 1.95 bits per heavy atom. The van der Waals surface area contributed by atoms with Crippen LogP contribution in [0, 0.1) is 0 Å². The molecule has 0 fully saturated rings. The second kappa shape index (κ2) is 10.5. The molecule has 0 bridgehead atoms. The molecule has 0 spiro atoms. The largest absolute Gasteiger partial charge is 0.490 e. The van der Waals surface area contributed by atoms with Gasteiger partial charge in [0.2, 0.25) is 0 Å². The van der Waals surface area contributed by atoms with Crippen LogP contribution in [0.5, 0.6) is 11.5 Å². The summed E-state index contributed by atoms with van der Waals surface area (Å²) in [6, 6.07) is 5.95. The lowest BCUT2D eigenvalue weighted by Crippen LogP contribution is -2.12. The van der Waals surface area contributed by atoms with E-state index in [9.17, 15) is 0 Å². The van der Waals surface area contributed by atoms with Crippen molar-refractivity contribution >= 4 is 12.4 Å². The second-order valence-electron chi connectivity index (χ2n) is 3.73. The third-order valence-electron chi connectivity index (χ3n) is 2.28. The maximum absolute atomic E-state index is 5.57. The molecule has 0 aliphatic rings. The second-order valence-corrected chi connectivity index (χ2v) is 3.73. The van der Waals surface area contributed by atoms with E-state index in [1.807, 2.05) is 31.2 Å². The van der Waals surface area contributed by atoms with Gasteiger partial charge in [0, 0.05) is 13.1 Å². The van der Waals surface area contributed by atoms with Gasteiger partial charge in [-0.3, -0.25) is 0 Å². The molecule has 106 valence electrons. The molecule has 1 rings (SSSR count). The first-order chi connectivity index (χ1) is 8.81. The summed E-state index contributed by atoms with van der Waals surface area (Å²) in [6.45, 7) is 11.9. The van der Waals surface area contributed by atoms with E-state index in [2.05, 4.69) is 18.5 Å². The van der Waals surface area contributed by atoms with E-state index in [0.717, 1.165) is 30.2 Å². The fourth-order valence-electron chi connectivity index (χ4n) is 1.52. The Balaban J connectivity index is 0.00000324. The van der Waals surface area contributed by atoms with Crippen molar-refractivity contribution in [3.8, 4) is 11.5 Å². The van der Waals surface area contributed by atoms with Crippen molar-refractivity contribution < 1.29 is 9.47 Å². The fourth-order valence-corrected chi connectivity index (χ4v) is 1.52. The van der Waals surface area contributed by atoms with E-state index in [-0.39, 0.29) is 12.4 Å². The number of hydrogen-bond acceptors (Lipinski definition) is 3. The molecule has 1 aromatic rings. The Morgan fingerprint density at radius 1 is 1.16 bits per heavy atom. The quantitative estimate of drug-likeness (QED) is 0.557. The van der Waals surface area contributed by atoms with Gasteiger partial charge in [-0.05, 0) is 24.6 Å². The number of rotatable bonds is 9. The van der Waals surface area contributed by atoms with Gasteiger partial charge in [0.25, 0.3) is 0 Å². The monoisotopic (exact) mass is 283 g/mol. The van der Waals surface area contributed by atoms with Crippen molar-refractivity contribution in [2.45, 2.75) is 13.5 Å². The minimum absolute atomic E-state index is 0. The van der Waals surface area contributed by atoms with Gasteiger partial charge in [-0.1, -0.05) is 24.8 Å². The van der Waals surface area contributed by atoms with Gasteiger partial charge in [0.05, 0.1) is 6.61 Å². The molecular weight excluding hydrogens is 262 g/mol.